The Balaban J connectivity index is 1.81. The molecule has 1 heterocycles. The van der Waals surface area contributed by atoms with E-state index in [4.69, 9.17) is 4.74 Å². The molecule has 6 nitrogen and oxygen atoms in total. The molecule has 7 heteroatoms. The van der Waals surface area contributed by atoms with Gasteiger partial charge in [-0.2, -0.15) is 0 Å². The van der Waals surface area contributed by atoms with Crippen LogP contribution in [0.3, 0.4) is 0 Å². The summed E-state index contributed by atoms with van der Waals surface area (Å²) in [6.45, 7) is 5.88. The molecule has 3 rings (SSSR count). The van der Waals surface area contributed by atoms with E-state index in [1.165, 1.54) is 11.8 Å². The number of carbonyl (C=O) groups excluding carboxylic acids is 2. The van der Waals surface area contributed by atoms with Crippen molar-refractivity contribution in [2.75, 3.05) is 11.9 Å². The minimum atomic E-state index is -0.530. The smallest absolute Gasteiger partial charge is 0.338 e. The number of nitrogens with one attached hydrogen (secondary N) is 1. The second-order valence-corrected chi connectivity index (χ2v) is 7.70. The van der Waals surface area contributed by atoms with E-state index >= 15 is 0 Å². The predicted molar refractivity (Wildman–Crippen MR) is 118 cm³/mol. The van der Waals surface area contributed by atoms with Crippen molar-refractivity contribution in [2.24, 2.45) is 0 Å². The third kappa shape index (κ3) is 5.67. The van der Waals surface area contributed by atoms with Crippen LogP contribution >= 0.6 is 11.8 Å². The largest absolute Gasteiger partial charge is 0.462 e. The number of aryl methyl sites for hydroxylation is 2. The van der Waals surface area contributed by atoms with Crippen LogP contribution in [0.15, 0.2) is 65.8 Å². The highest BCUT2D eigenvalue weighted by atomic mass is 32.2. The number of carbonyl (C=O) groups is 2. The van der Waals surface area contributed by atoms with Crippen LogP contribution in [0.5, 0.6) is 0 Å². The van der Waals surface area contributed by atoms with E-state index < -0.39 is 5.25 Å². The molecule has 1 N–H and O–H groups in total. The monoisotopic (exact) mass is 421 g/mol. The third-order valence-electron chi connectivity index (χ3n) is 4.19. The Morgan fingerprint density at radius 2 is 1.63 bits per heavy atom. The highest BCUT2D eigenvalue weighted by Gasteiger charge is 2.24. The molecule has 0 spiro atoms. The topological polar surface area (TPSA) is 81.2 Å². The molecule has 0 aliphatic rings. The summed E-state index contributed by atoms with van der Waals surface area (Å²) >= 11 is 1.30. The fraction of sp³-hybridized carbons (Fsp3) is 0.217. The third-order valence-corrected chi connectivity index (χ3v) is 5.30. The average molecular weight is 422 g/mol. The summed E-state index contributed by atoms with van der Waals surface area (Å²) in [5.41, 5.74) is 3.59. The first-order valence-electron chi connectivity index (χ1n) is 9.58. The van der Waals surface area contributed by atoms with Crippen molar-refractivity contribution in [1.29, 1.82) is 0 Å². The maximum atomic E-state index is 13.1. The van der Waals surface area contributed by atoms with Crippen molar-refractivity contribution in [2.45, 2.75) is 31.2 Å². The molecule has 0 radical (unpaired) electrons. The van der Waals surface area contributed by atoms with Crippen molar-refractivity contribution >= 4 is 29.3 Å². The van der Waals surface area contributed by atoms with Gasteiger partial charge in [-0.15, -0.1) is 0 Å². The van der Waals surface area contributed by atoms with E-state index in [1.807, 2.05) is 50.2 Å². The van der Waals surface area contributed by atoms with Crippen molar-refractivity contribution < 1.29 is 14.3 Å². The van der Waals surface area contributed by atoms with Gasteiger partial charge in [0, 0.05) is 17.1 Å². The lowest BCUT2D eigenvalue weighted by atomic mass is 10.1. The predicted octanol–water partition coefficient (Wildman–Crippen LogP) is 4.74. The highest BCUT2D eigenvalue weighted by molar-refractivity contribution is 8.00. The summed E-state index contributed by atoms with van der Waals surface area (Å²) in [6, 6.07) is 18.0. The zero-order valence-electron chi connectivity index (χ0n) is 17.1. The van der Waals surface area contributed by atoms with Crippen LogP contribution < -0.4 is 5.32 Å². The number of rotatable bonds is 7. The lowest BCUT2D eigenvalue weighted by molar-refractivity contribution is -0.115. The number of hydrogen-bond acceptors (Lipinski definition) is 6. The van der Waals surface area contributed by atoms with Gasteiger partial charge in [-0.1, -0.05) is 42.1 Å². The van der Waals surface area contributed by atoms with E-state index in [0.717, 1.165) is 17.0 Å². The molecule has 0 bridgehead atoms. The number of aromatic nitrogens is 2. The van der Waals surface area contributed by atoms with E-state index in [0.29, 0.717) is 23.0 Å². The normalized spacial score (nSPS) is 11.6. The molecule has 0 unspecified atom stereocenters. The van der Waals surface area contributed by atoms with Crippen LogP contribution in [0, 0.1) is 13.8 Å². The zero-order chi connectivity index (χ0) is 21.5. The second-order valence-electron chi connectivity index (χ2n) is 6.63. The zero-order valence-corrected chi connectivity index (χ0v) is 17.9. The van der Waals surface area contributed by atoms with Gasteiger partial charge >= 0.3 is 5.97 Å². The Bertz CT molecular complexity index is 1000. The van der Waals surface area contributed by atoms with Crippen LogP contribution in [0.1, 0.15) is 39.5 Å². The van der Waals surface area contributed by atoms with Gasteiger partial charge in [-0.3, -0.25) is 4.79 Å². The number of benzene rings is 2. The lowest BCUT2D eigenvalue weighted by Crippen LogP contribution is -2.19. The number of amides is 1. The van der Waals surface area contributed by atoms with E-state index in [-0.39, 0.29) is 11.9 Å². The molecular formula is C23H23N3O3S. The maximum Gasteiger partial charge on any atom is 0.338 e. The summed E-state index contributed by atoms with van der Waals surface area (Å²) in [7, 11) is 0. The van der Waals surface area contributed by atoms with E-state index in [2.05, 4.69) is 15.3 Å². The fourth-order valence-electron chi connectivity index (χ4n) is 2.86. The number of nitrogens with zero attached hydrogens (tertiary/aromatic N) is 2. The number of esters is 1. The summed E-state index contributed by atoms with van der Waals surface area (Å²) in [6.07, 6.45) is 0. The summed E-state index contributed by atoms with van der Waals surface area (Å²) < 4.78 is 4.99. The minimum Gasteiger partial charge on any atom is -0.462 e. The molecule has 0 aliphatic carbocycles. The number of ether oxygens (including phenoxy) is 1. The molecule has 0 aliphatic heterocycles. The molecule has 0 saturated heterocycles. The first kappa shape index (κ1) is 21.5. The molecular weight excluding hydrogens is 398 g/mol. The van der Waals surface area contributed by atoms with Crippen LogP contribution in [0.2, 0.25) is 0 Å². The Morgan fingerprint density at radius 1 is 1.00 bits per heavy atom. The highest BCUT2D eigenvalue weighted by Crippen LogP contribution is 2.34. The molecule has 154 valence electrons. The van der Waals surface area contributed by atoms with Crippen molar-refractivity contribution in [3.63, 3.8) is 0 Å². The standard InChI is InChI=1S/C23H23N3O3S/c1-4-29-22(28)18-10-12-19(13-11-18)26-21(27)20(17-8-6-5-7-9-17)30-23-24-15(2)14-16(3)25-23/h5-14,20H,4H2,1-3H3,(H,26,27)/t20-/m1/s1. The Hall–Kier alpha value is -3.19. The quantitative estimate of drug-likeness (QED) is 0.337. The molecule has 0 saturated carbocycles. The van der Waals surface area contributed by atoms with Crippen molar-refractivity contribution in [3.05, 3.63) is 83.2 Å². The Morgan fingerprint density at radius 3 is 2.23 bits per heavy atom. The van der Waals surface area contributed by atoms with E-state index in [9.17, 15) is 9.59 Å². The van der Waals surface area contributed by atoms with Gasteiger partial charge in [0.25, 0.3) is 0 Å². The van der Waals surface area contributed by atoms with Crippen LogP contribution in [-0.4, -0.2) is 28.5 Å². The first-order chi connectivity index (χ1) is 14.5. The van der Waals surface area contributed by atoms with E-state index in [1.54, 1.807) is 31.2 Å². The fourth-order valence-corrected chi connectivity index (χ4v) is 3.93. The second kappa shape index (κ2) is 10.0. The molecule has 2 aromatic carbocycles. The van der Waals surface area contributed by atoms with Crippen LogP contribution in [0.4, 0.5) is 5.69 Å². The van der Waals surface area contributed by atoms with Gasteiger partial charge in [0.1, 0.15) is 5.25 Å². The number of hydrogen-bond donors (Lipinski definition) is 1. The van der Waals surface area contributed by atoms with Crippen LogP contribution in [-0.2, 0) is 9.53 Å². The van der Waals surface area contributed by atoms with Gasteiger partial charge in [-0.05, 0) is 56.7 Å². The SMILES string of the molecule is CCOC(=O)c1ccc(NC(=O)[C@H](Sc2nc(C)cc(C)n2)c2ccccc2)cc1. The average Bonchev–Trinajstić information content (AvgIpc) is 2.72. The molecule has 0 fully saturated rings. The number of thioether (sulfide) groups is 1. The molecule has 30 heavy (non-hydrogen) atoms. The lowest BCUT2D eigenvalue weighted by Gasteiger charge is -2.17. The van der Waals surface area contributed by atoms with Gasteiger partial charge in [0.05, 0.1) is 12.2 Å². The summed E-state index contributed by atoms with van der Waals surface area (Å²) in [4.78, 5) is 33.8. The molecule has 1 atom stereocenters. The van der Waals surface area contributed by atoms with Gasteiger partial charge < -0.3 is 10.1 Å². The molecule has 1 amide bonds. The summed E-state index contributed by atoms with van der Waals surface area (Å²) in [5.74, 6) is -0.585. The summed E-state index contributed by atoms with van der Waals surface area (Å²) in [5, 5.41) is 2.94. The van der Waals surface area contributed by atoms with Gasteiger partial charge in [0.2, 0.25) is 5.91 Å². The minimum absolute atomic E-state index is 0.196. The van der Waals surface area contributed by atoms with Gasteiger partial charge in [0.15, 0.2) is 5.16 Å². The van der Waals surface area contributed by atoms with Crippen molar-refractivity contribution in [1.82, 2.24) is 9.97 Å². The maximum absolute atomic E-state index is 13.1. The van der Waals surface area contributed by atoms with Crippen LogP contribution in [0.25, 0.3) is 0 Å². The Kier molecular flexibility index (Phi) is 7.19. The molecule has 3 aromatic rings. The van der Waals surface area contributed by atoms with Gasteiger partial charge in [-0.25, -0.2) is 14.8 Å². The van der Waals surface area contributed by atoms with Crippen molar-refractivity contribution in [3.8, 4) is 0 Å². The molecule has 1 aromatic heterocycles. The first-order valence-corrected chi connectivity index (χ1v) is 10.5. The Labute approximate surface area is 180 Å². The number of anilines is 1.